The number of aryl methyl sites for hydroxylation is 1. The van der Waals surface area contributed by atoms with Gasteiger partial charge in [0.2, 0.25) is 5.90 Å². The highest BCUT2D eigenvalue weighted by Gasteiger charge is 2.18. The summed E-state index contributed by atoms with van der Waals surface area (Å²) in [7, 11) is 0. The van der Waals surface area contributed by atoms with Crippen LogP contribution in [0.2, 0.25) is 0 Å². The first-order chi connectivity index (χ1) is 11.2. The van der Waals surface area contributed by atoms with Crippen molar-refractivity contribution in [1.29, 1.82) is 0 Å². The third-order valence-electron chi connectivity index (χ3n) is 3.78. The van der Waals surface area contributed by atoms with E-state index in [9.17, 15) is 4.79 Å². The van der Waals surface area contributed by atoms with E-state index in [2.05, 4.69) is 18.0 Å². The summed E-state index contributed by atoms with van der Waals surface area (Å²) in [6, 6.07) is 13.6. The van der Waals surface area contributed by atoms with Crippen molar-refractivity contribution >= 4 is 11.9 Å². The van der Waals surface area contributed by atoms with Gasteiger partial charge in [-0.05, 0) is 42.7 Å². The molecule has 2 aromatic rings. The van der Waals surface area contributed by atoms with Crippen LogP contribution in [-0.2, 0) is 9.47 Å². The number of rotatable bonds is 4. The standard InChI is InChI=1S/C19H19NO3/c1-3-22-19(21)15-9-7-14(8-10-15)16-6-4-5-13(2)17(16)18-20-11-12-23-18/h4-10H,3,11-12H2,1-2H3. The van der Waals surface area contributed by atoms with Crippen LogP contribution in [0.5, 0.6) is 0 Å². The summed E-state index contributed by atoms with van der Waals surface area (Å²) < 4.78 is 10.7. The van der Waals surface area contributed by atoms with Crippen LogP contribution < -0.4 is 0 Å². The molecule has 0 unspecified atom stereocenters. The molecule has 23 heavy (non-hydrogen) atoms. The Morgan fingerprint density at radius 1 is 1.22 bits per heavy atom. The second-order valence-corrected chi connectivity index (χ2v) is 5.33. The van der Waals surface area contributed by atoms with Gasteiger partial charge in [0.25, 0.3) is 0 Å². The molecule has 1 heterocycles. The zero-order valence-corrected chi connectivity index (χ0v) is 13.3. The molecule has 0 amide bonds. The minimum atomic E-state index is -0.299. The highest BCUT2D eigenvalue weighted by molar-refractivity contribution is 6.03. The SMILES string of the molecule is CCOC(=O)c1ccc(-c2cccc(C)c2C2=NCCO2)cc1. The Morgan fingerprint density at radius 3 is 2.65 bits per heavy atom. The lowest BCUT2D eigenvalue weighted by Crippen LogP contribution is -2.06. The molecule has 2 aromatic carbocycles. The molecule has 4 nitrogen and oxygen atoms in total. The van der Waals surface area contributed by atoms with Crippen molar-refractivity contribution in [3.05, 3.63) is 59.2 Å². The van der Waals surface area contributed by atoms with Crippen molar-refractivity contribution in [2.75, 3.05) is 19.8 Å². The van der Waals surface area contributed by atoms with E-state index in [1.165, 1.54) is 0 Å². The van der Waals surface area contributed by atoms with Gasteiger partial charge < -0.3 is 9.47 Å². The van der Waals surface area contributed by atoms with Crippen molar-refractivity contribution < 1.29 is 14.3 Å². The van der Waals surface area contributed by atoms with Crippen LogP contribution in [0, 0.1) is 6.92 Å². The molecule has 1 aliphatic rings. The maximum absolute atomic E-state index is 11.8. The zero-order valence-electron chi connectivity index (χ0n) is 13.3. The Morgan fingerprint density at radius 2 is 2.00 bits per heavy atom. The maximum Gasteiger partial charge on any atom is 0.338 e. The fraction of sp³-hybridized carbons (Fsp3) is 0.263. The van der Waals surface area contributed by atoms with E-state index in [4.69, 9.17) is 9.47 Å². The van der Waals surface area contributed by atoms with Crippen LogP contribution in [0.3, 0.4) is 0 Å². The molecule has 0 aromatic heterocycles. The van der Waals surface area contributed by atoms with Crippen LogP contribution in [0.25, 0.3) is 11.1 Å². The number of esters is 1. The van der Waals surface area contributed by atoms with Gasteiger partial charge in [-0.3, -0.25) is 0 Å². The van der Waals surface area contributed by atoms with Crippen LogP contribution >= 0.6 is 0 Å². The quantitative estimate of drug-likeness (QED) is 0.811. The van der Waals surface area contributed by atoms with Crippen molar-refractivity contribution in [2.24, 2.45) is 4.99 Å². The topological polar surface area (TPSA) is 47.9 Å². The van der Waals surface area contributed by atoms with Crippen molar-refractivity contribution in [1.82, 2.24) is 0 Å². The molecule has 0 saturated carbocycles. The lowest BCUT2D eigenvalue weighted by atomic mass is 9.95. The van der Waals surface area contributed by atoms with Crippen molar-refractivity contribution in [3.63, 3.8) is 0 Å². The monoisotopic (exact) mass is 309 g/mol. The van der Waals surface area contributed by atoms with Gasteiger partial charge in [-0.25, -0.2) is 9.79 Å². The summed E-state index contributed by atoms with van der Waals surface area (Å²) in [6.07, 6.45) is 0. The van der Waals surface area contributed by atoms with Gasteiger partial charge in [0.05, 0.1) is 18.7 Å². The second-order valence-electron chi connectivity index (χ2n) is 5.33. The lowest BCUT2D eigenvalue weighted by Gasteiger charge is -2.13. The molecule has 0 aliphatic carbocycles. The normalized spacial score (nSPS) is 13.4. The van der Waals surface area contributed by atoms with E-state index < -0.39 is 0 Å². The first-order valence-electron chi connectivity index (χ1n) is 7.75. The van der Waals surface area contributed by atoms with Gasteiger partial charge in [0.1, 0.15) is 6.61 Å². The Labute approximate surface area is 135 Å². The first kappa shape index (κ1) is 15.3. The number of carbonyl (C=O) groups excluding carboxylic acids is 1. The minimum Gasteiger partial charge on any atom is -0.475 e. The summed E-state index contributed by atoms with van der Waals surface area (Å²) in [5, 5.41) is 0. The highest BCUT2D eigenvalue weighted by Crippen LogP contribution is 2.28. The highest BCUT2D eigenvalue weighted by atomic mass is 16.5. The van der Waals surface area contributed by atoms with Gasteiger partial charge in [-0.2, -0.15) is 0 Å². The molecular formula is C19H19NO3. The largest absolute Gasteiger partial charge is 0.475 e. The third kappa shape index (κ3) is 3.11. The predicted molar refractivity (Wildman–Crippen MR) is 89.9 cm³/mol. The summed E-state index contributed by atoms with van der Waals surface area (Å²) in [4.78, 5) is 16.2. The molecule has 0 spiro atoms. The number of carbonyl (C=O) groups is 1. The number of aliphatic imine (C=N–C) groups is 1. The molecule has 0 bridgehead atoms. The summed E-state index contributed by atoms with van der Waals surface area (Å²) >= 11 is 0. The predicted octanol–water partition coefficient (Wildman–Crippen LogP) is 3.62. The zero-order chi connectivity index (χ0) is 16.2. The number of hydrogen-bond donors (Lipinski definition) is 0. The Kier molecular flexibility index (Phi) is 4.42. The van der Waals surface area contributed by atoms with Gasteiger partial charge in [-0.15, -0.1) is 0 Å². The van der Waals surface area contributed by atoms with E-state index >= 15 is 0 Å². The molecule has 0 atom stereocenters. The molecule has 1 aliphatic heterocycles. The summed E-state index contributed by atoms with van der Waals surface area (Å²) in [5.41, 5.74) is 4.78. The number of benzene rings is 2. The molecule has 4 heteroatoms. The Bertz CT molecular complexity index is 748. The van der Waals surface area contributed by atoms with Crippen LogP contribution in [0.1, 0.15) is 28.4 Å². The Balaban J connectivity index is 1.99. The molecule has 0 radical (unpaired) electrons. The summed E-state index contributed by atoms with van der Waals surface area (Å²) in [6.45, 7) is 5.55. The molecular weight excluding hydrogens is 290 g/mol. The van der Waals surface area contributed by atoms with E-state index in [1.54, 1.807) is 19.1 Å². The molecule has 118 valence electrons. The Hall–Kier alpha value is -2.62. The average molecular weight is 309 g/mol. The van der Waals surface area contributed by atoms with Crippen LogP contribution in [0.15, 0.2) is 47.5 Å². The van der Waals surface area contributed by atoms with E-state index in [-0.39, 0.29) is 5.97 Å². The average Bonchev–Trinajstić information content (AvgIpc) is 3.09. The van der Waals surface area contributed by atoms with E-state index in [0.717, 1.165) is 22.3 Å². The number of hydrogen-bond acceptors (Lipinski definition) is 4. The third-order valence-corrected chi connectivity index (χ3v) is 3.78. The molecule has 0 saturated heterocycles. The van der Waals surface area contributed by atoms with Crippen LogP contribution in [0.4, 0.5) is 0 Å². The molecule has 0 N–H and O–H groups in total. The second kappa shape index (κ2) is 6.65. The fourth-order valence-corrected chi connectivity index (χ4v) is 2.68. The smallest absolute Gasteiger partial charge is 0.338 e. The number of ether oxygens (including phenoxy) is 2. The fourth-order valence-electron chi connectivity index (χ4n) is 2.68. The molecule has 0 fully saturated rings. The van der Waals surface area contributed by atoms with Crippen LogP contribution in [-0.4, -0.2) is 31.6 Å². The first-order valence-corrected chi connectivity index (χ1v) is 7.75. The minimum absolute atomic E-state index is 0.299. The number of nitrogens with zero attached hydrogens (tertiary/aromatic N) is 1. The van der Waals surface area contributed by atoms with Crippen molar-refractivity contribution in [2.45, 2.75) is 13.8 Å². The molecule has 3 rings (SSSR count). The van der Waals surface area contributed by atoms with Gasteiger partial charge in [-0.1, -0.05) is 30.3 Å². The van der Waals surface area contributed by atoms with Gasteiger partial charge in [0, 0.05) is 5.56 Å². The van der Waals surface area contributed by atoms with E-state index in [1.807, 2.05) is 24.3 Å². The van der Waals surface area contributed by atoms with Gasteiger partial charge in [0.15, 0.2) is 0 Å². The van der Waals surface area contributed by atoms with Crippen molar-refractivity contribution in [3.8, 4) is 11.1 Å². The van der Waals surface area contributed by atoms with E-state index in [0.29, 0.717) is 31.2 Å². The summed E-state index contributed by atoms with van der Waals surface area (Å²) in [5.74, 6) is 0.402. The lowest BCUT2D eigenvalue weighted by molar-refractivity contribution is 0.0526. The maximum atomic E-state index is 11.8. The van der Waals surface area contributed by atoms with Gasteiger partial charge >= 0.3 is 5.97 Å².